The number of hydrogen-bond donors (Lipinski definition) is 1. The lowest BCUT2D eigenvalue weighted by molar-refractivity contribution is -0.137. The number of likely N-dealkylation sites (tertiary alicyclic amines) is 1. The van der Waals surface area contributed by atoms with Crippen LogP contribution in [0.15, 0.2) is 48.5 Å². The monoisotopic (exact) mass is 461 g/mol. The summed E-state index contributed by atoms with van der Waals surface area (Å²) in [5.41, 5.74) is 1.11. The number of halogens is 3. The van der Waals surface area contributed by atoms with E-state index >= 15 is 0 Å². The van der Waals surface area contributed by atoms with Gasteiger partial charge < -0.3 is 10.1 Å². The Morgan fingerprint density at radius 3 is 2.15 bits per heavy atom. The minimum atomic E-state index is -4.33. The molecule has 2 aromatic rings. The number of piperidine rings is 1. The van der Waals surface area contributed by atoms with Crippen LogP contribution in [0.1, 0.15) is 39.9 Å². The van der Waals surface area contributed by atoms with Gasteiger partial charge in [-0.1, -0.05) is 24.3 Å². The number of rotatable bonds is 5. The summed E-state index contributed by atoms with van der Waals surface area (Å²) >= 11 is 0. The Balaban J connectivity index is 1.30. The van der Waals surface area contributed by atoms with Gasteiger partial charge in [-0.05, 0) is 35.4 Å². The summed E-state index contributed by atoms with van der Waals surface area (Å²) in [5, 5.41) is 2.57. The van der Waals surface area contributed by atoms with Gasteiger partial charge in [0.15, 0.2) is 0 Å². The largest absolute Gasteiger partial charge is 0.441 e. The van der Waals surface area contributed by atoms with E-state index in [4.69, 9.17) is 4.74 Å². The van der Waals surface area contributed by atoms with Crippen LogP contribution in [0.4, 0.5) is 18.0 Å². The molecule has 0 unspecified atom stereocenters. The second kappa shape index (κ2) is 9.05. The maximum absolute atomic E-state index is 12.7. The Labute approximate surface area is 190 Å². The van der Waals surface area contributed by atoms with E-state index in [-0.39, 0.29) is 12.0 Å². The number of alkyl halides is 3. The van der Waals surface area contributed by atoms with Crippen LogP contribution in [0, 0.1) is 0 Å². The second-order valence-corrected chi connectivity index (χ2v) is 8.65. The molecule has 2 aromatic carbocycles. The first-order chi connectivity index (χ1) is 15.7. The van der Waals surface area contributed by atoms with Gasteiger partial charge in [-0.25, -0.2) is 4.79 Å². The van der Waals surface area contributed by atoms with E-state index in [0.29, 0.717) is 51.1 Å². The second-order valence-electron chi connectivity index (χ2n) is 8.65. The number of carbonyl (C=O) groups excluding carboxylic acids is 2. The Morgan fingerprint density at radius 2 is 1.58 bits per heavy atom. The lowest BCUT2D eigenvalue weighted by Crippen LogP contribution is -2.46. The summed E-state index contributed by atoms with van der Waals surface area (Å²) in [6.45, 7) is 2.86. The molecule has 0 radical (unpaired) electrons. The van der Waals surface area contributed by atoms with Crippen molar-refractivity contribution < 1.29 is 27.5 Å². The van der Waals surface area contributed by atoms with Gasteiger partial charge in [-0.2, -0.15) is 13.2 Å². The Kier molecular flexibility index (Phi) is 6.34. The molecule has 33 heavy (non-hydrogen) atoms. The highest BCUT2D eigenvalue weighted by molar-refractivity contribution is 5.93. The fourth-order valence-corrected chi connectivity index (χ4v) is 4.38. The highest BCUT2D eigenvalue weighted by Gasteiger charge is 2.46. The summed E-state index contributed by atoms with van der Waals surface area (Å²) in [4.78, 5) is 28.0. The highest BCUT2D eigenvalue weighted by Crippen LogP contribution is 2.35. The van der Waals surface area contributed by atoms with Crippen molar-refractivity contribution in [2.45, 2.75) is 37.7 Å². The zero-order valence-electron chi connectivity index (χ0n) is 18.3. The zero-order chi connectivity index (χ0) is 23.6. The Bertz CT molecular complexity index is 998. The molecule has 2 fully saturated rings. The van der Waals surface area contributed by atoms with Crippen LogP contribution in [0.25, 0.3) is 0 Å². The summed E-state index contributed by atoms with van der Waals surface area (Å²) in [7, 11) is 1.57. The van der Waals surface area contributed by atoms with Crippen LogP contribution >= 0.6 is 0 Å². The maximum atomic E-state index is 12.7. The summed E-state index contributed by atoms with van der Waals surface area (Å²) < 4.78 is 44.0. The molecule has 0 saturated carbocycles. The SMILES string of the molecule is CNC(=O)c1ccc(CN2CC3(CCN(Cc4ccc(C(F)(F)F)cc4)CC3)OC2=O)cc1. The average Bonchev–Trinajstić information content (AvgIpc) is 3.09. The van der Waals surface area contributed by atoms with Crippen molar-refractivity contribution >= 4 is 12.0 Å². The van der Waals surface area contributed by atoms with E-state index in [1.54, 1.807) is 24.1 Å². The normalized spacial score (nSPS) is 18.4. The molecule has 0 bridgehead atoms. The van der Waals surface area contributed by atoms with Gasteiger partial charge in [0.25, 0.3) is 5.91 Å². The number of ether oxygens (including phenoxy) is 1. The number of benzene rings is 2. The molecule has 0 aromatic heterocycles. The van der Waals surface area contributed by atoms with Crippen molar-refractivity contribution in [3.8, 4) is 0 Å². The number of hydrogen-bond acceptors (Lipinski definition) is 4. The number of nitrogens with zero attached hydrogens (tertiary/aromatic N) is 2. The molecule has 2 saturated heterocycles. The first-order valence-corrected chi connectivity index (χ1v) is 10.8. The van der Waals surface area contributed by atoms with Gasteiger partial charge in [-0.15, -0.1) is 0 Å². The molecule has 2 aliphatic rings. The molecule has 2 heterocycles. The third-order valence-electron chi connectivity index (χ3n) is 6.31. The number of amides is 2. The summed E-state index contributed by atoms with van der Waals surface area (Å²) in [6, 6.07) is 12.4. The van der Waals surface area contributed by atoms with E-state index < -0.39 is 17.3 Å². The quantitative estimate of drug-likeness (QED) is 0.730. The summed E-state index contributed by atoms with van der Waals surface area (Å²) in [5.74, 6) is -0.163. The predicted octanol–water partition coefficient (Wildman–Crippen LogP) is 4.05. The maximum Gasteiger partial charge on any atom is 0.416 e. The van der Waals surface area contributed by atoms with Crippen LogP contribution in [-0.2, 0) is 24.0 Å². The fourth-order valence-electron chi connectivity index (χ4n) is 4.38. The number of carbonyl (C=O) groups is 2. The van der Waals surface area contributed by atoms with Gasteiger partial charge in [0, 0.05) is 51.6 Å². The third kappa shape index (κ3) is 5.30. The molecule has 2 aliphatic heterocycles. The molecular weight excluding hydrogens is 435 g/mol. The van der Waals surface area contributed by atoms with E-state index in [1.165, 1.54) is 12.1 Å². The lowest BCUT2D eigenvalue weighted by atomic mass is 9.91. The van der Waals surface area contributed by atoms with Crippen LogP contribution in [0.5, 0.6) is 0 Å². The van der Waals surface area contributed by atoms with Crippen molar-refractivity contribution in [1.29, 1.82) is 0 Å². The highest BCUT2D eigenvalue weighted by atomic mass is 19.4. The Hall–Kier alpha value is -3.07. The van der Waals surface area contributed by atoms with Crippen molar-refractivity contribution in [3.63, 3.8) is 0 Å². The van der Waals surface area contributed by atoms with Crippen molar-refractivity contribution in [2.24, 2.45) is 0 Å². The summed E-state index contributed by atoms with van der Waals surface area (Å²) in [6.07, 6.45) is -3.33. The van der Waals surface area contributed by atoms with Gasteiger partial charge >= 0.3 is 12.3 Å². The van der Waals surface area contributed by atoms with Gasteiger partial charge in [0.2, 0.25) is 0 Å². The zero-order valence-corrected chi connectivity index (χ0v) is 18.3. The third-order valence-corrected chi connectivity index (χ3v) is 6.31. The molecule has 9 heteroatoms. The molecule has 4 rings (SSSR count). The molecule has 176 valence electrons. The Morgan fingerprint density at radius 1 is 1.00 bits per heavy atom. The molecule has 2 amide bonds. The van der Waals surface area contributed by atoms with E-state index in [1.807, 2.05) is 12.1 Å². The molecule has 6 nitrogen and oxygen atoms in total. The first-order valence-electron chi connectivity index (χ1n) is 10.8. The van der Waals surface area contributed by atoms with Gasteiger partial charge in [0.1, 0.15) is 5.60 Å². The van der Waals surface area contributed by atoms with Crippen LogP contribution in [0.2, 0.25) is 0 Å². The van der Waals surface area contributed by atoms with Gasteiger partial charge in [0.05, 0.1) is 12.1 Å². The smallest absolute Gasteiger partial charge is 0.416 e. The topological polar surface area (TPSA) is 61.9 Å². The standard InChI is InChI=1S/C24H26F3N3O3/c1-28-21(31)19-6-2-18(3-7-19)15-30-16-23(33-22(30)32)10-12-29(13-11-23)14-17-4-8-20(9-5-17)24(25,26)27/h2-9H,10-16H2,1H3,(H,28,31). The minimum absolute atomic E-state index is 0.163. The van der Waals surface area contributed by atoms with Crippen molar-refractivity contribution in [2.75, 3.05) is 26.7 Å². The molecule has 1 N–H and O–H groups in total. The average molecular weight is 461 g/mol. The fraction of sp³-hybridized carbons (Fsp3) is 0.417. The molecule has 0 aliphatic carbocycles. The van der Waals surface area contributed by atoms with Crippen molar-refractivity contribution in [1.82, 2.24) is 15.1 Å². The molecule has 0 atom stereocenters. The van der Waals surface area contributed by atoms with Crippen molar-refractivity contribution in [3.05, 3.63) is 70.8 Å². The van der Waals surface area contributed by atoms with E-state index in [2.05, 4.69) is 10.2 Å². The lowest BCUT2D eigenvalue weighted by Gasteiger charge is -2.37. The van der Waals surface area contributed by atoms with E-state index in [0.717, 1.165) is 23.3 Å². The van der Waals surface area contributed by atoms with Crippen LogP contribution in [0.3, 0.4) is 0 Å². The molecule has 1 spiro atoms. The van der Waals surface area contributed by atoms with E-state index in [9.17, 15) is 22.8 Å². The first kappa shape index (κ1) is 23.1. The molecular formula is C24H26F3N3O3. The minimum Gasteiger partial charge on any atom is -0.441 e. The van der Waals surface area contributed by atoms with Gasteiger partial charge in [-0.3, -0.25) is 14.6 Å². The van der Waals surface area contributed by atoms with Crippen LogP contribution < -0.4 is 5.32 Å². The van der Waals surface area contributed by atoms with Crippen LogP contribution in [-0.4, -0.2) is 54.1 Å². The number of nitrogens with one attached hydrogen (secondary N) is 1. The predicted molar refractivity (Wildman–Crippen MR) is 115 cm³/mol.